The Bertz CT molecular complexity index is 962. The average molecular weight is 329 g/mol. The van der Waals surface area contributed by atoms with Crippen LogP contribution in [0.5, 0.6) is 5.75 Å². The lowest BCUT2D eigenvalue weighted by molar-refractivity contribution is 0.418. The minimum atomic E-state index is -0.194. The van der Waals surface area contributed by atoms with Crippen LogP contribution in [-0.4, -0.2) is 7.11 Å². The molecule has 0 N–H and O–H groups in total. The Kier molecular flexibility index (Phi) is 2.42. The molecule has 0 heterocycles. The largest absolute Gasteiger partial charge is 0.495 e. The van der Waals surface area contributed by atoms with E-state index in [0.717, 1.165) is 37.2 Å². The lowest BCUT2D eigenvalue weighted by Crippen LogP contribution is -1.93. The van der Waals surface area contributed by atoms with Crippen LogP contribution in [0.1, 0.15) is 0 Å². The summed E-state index contributed by atoms with van der Waals surface area (Å²) in [6.07, 6.45) is 0. The molecular weight excluding hydrogens is 319 g/mol. The number of benzene rings is 4. The topological polar surface area (TPSA) is 9.23 Å². The van der Waals surface area contributed by atoms with Crippen molar-refractivity contribution in [2.45, 2.75) is 0 Å². The monoisotopic (exact) mass is 328 g/mol. The first-order valence-corrected chi connectivity index (χ1v) is 7.10. The van der Waals surface area contributed by atoms with Gasteiger partial charge in [0.15, 0.2) is 0 Å². The average Bonchev–Trinajstić information content (AvgIpc) is 2.47. The van der Waals surface area contributed by atoms with Crippen molar-refractivity contribution in [2.24, 2.45) is 0 Å². The van der Waals surface area contributed by atoms with Gasteiger partial charge in [-0.1, -0.05) is 36.4 Å². The fourth-order valence-corrected chi connectivity index (χ4v) is 3.72. The predicted molar refractivity (Wildman–Crippen MR) is 84.4 cm³/mol. The van der Waals surface area contributed by atoms with Crippen LogP contribution in [0.4, 0.5) is 4.39 Å². The summed E-state index contributed by atoms with van der Waals surface area (Å²) in [5, 5.41) is 5.53. The Morgan fingerprint density at radius 2 is 1.65 bits per heavy atom. The lowest BCUT2D eigenvalue weighted by atomic mass is 9.93. The molecule has 0 bridgehead atoms. The summed E-state index contributed by atoms with van der Waals surface area (Å²) >= 11 is 3.62. The minimum Gasteiger partial charge on any atom is -0.495 e. The molecule has 0 amide bonds. The molecule has 0 aliphatic heterocycles. The highest BCUT2D eigenvalue weighted by atomic mass is 79.9. The Labute approximate surface area is 123 Å². The highest BCUT2D eigenvalue weighted by Gasteiger charge is 2.18. The Morgan fingerprint density at radius 3 is 2.45 bits per heavy atom. The summed E-state index contributed by atoms with van der Waals surface area (Å²) < 4.78 is 20.8. The molecule has 0 aliphatic rings. The van der Waals surface area contributed by atoms with Crippen LogP contribution < -0.4 is 4.74 Å². The van der Waals surface area contributed by atoms with Gasteiger partial charge in [-0.2, -0.15) is 0 Å². The summed E-state index contributed by atoms with van der Waals surface area (Å²) in [6, 6.07) is 13.2. The highest BCUT2D eigenvalue weighted by molar-refractivity contribution is 9.10. The number of hydrogen-bond donors (Lipinski definition) is 0. The third-order valence-corrected chi connectivity index (χ3v) is 4.62. The zero-order valence-electron chi connectivity index (χ0n) is 10.7. The second-order valence-corrected chi connectivity index (χ2v) is 5.63. The van der Waals surface area contributed by atoms with E-state index in [1.54, 1.807) is 13.2 Å². The molecule has 0 saturated heterocycles. The molecule has 4 aromatic carbocycles. The maximum atomic E-state index is 14.3. The number of rotatable bonds is 1. The first-order chi connectivity index (χ1) is 9.72. The van der Waals surface area contributed by atoms with Gasteiger partial charge in [0.05, 0.1) is 11.6 Å². The number of hydrogen-bond acceptors (Lipinski definition) is 1. The summed E-state index contributed by atoms with van der Waals surface area (Å²) in [5.41, 5.74) is 0. The van der Waals surface area contributed by atoms with E-state index in [9.17, 15) is 4.39 Å². The normalized spacial score (nSPS) is 11.8. The van der Waals surface area contributed by atoms with Crippen LogP contribution in [-0.2, 0) is 0 Å². The Morgan fingerprint density at radius 1 is 0.950 bits per heavy atom. The lowest BCUT2D eigenvalue weighted by Gasteiger charge is -2.16. The van der Waals surface area contributed by atoms with Gasteiger partial charge in [0.25, 0.3) is 0 Å². The fraction of sp³-hybridized carbons (Fsp3) is 0.0588. The molecule has 0 aliphatic carbocycles. The maximum Gasteiger partial charge on any atom is 0.141 e. The first kappa shape index (κ1) is 11.9. The summed E-state index contributed by atoms with van der Waals surface area (Å²) in [6.45, 7) is 0. The molecule has 0 atom stereocenters. The maximum absolute atomic E-state index is 14.3. The molecule has 3 heteroatoms. The van der Waals surface area contributed by atoms with Crippen molar-refractivity contribution in [3.05, 3.63) is 52.8 Å². The van der Waals surface area contributed by atoms with E-state index in [4.69, 9.17) is 4.74 Å². The van der Waals surface area contributed by atoms with Crippen molar-refractivity contribution in [1.82, 2.24) is 0 Å². The molecule has 0 fully saturated rings. The summed E-state index contributed by atoms with van der Waals surface area (Å²) in [7, 11) is 1.64. The van der Waals surface area contributed by atoms with E-state index in [0.29, 0.717) is 5.39 Å². The number of ether oxygens (including phenoxy) is 1. The van der Waals surface area contributed by atoms with Gasteiger partial charge < -0.3 is 4.74 Å². The zero-order valence-corrected chi connectivity index (χ0v) is 12.3. The number of halogens is 2. The minimum absolute atomic E-state index is 0.194. The van der Waals surface area contributed by atoms with Gasteiger partial charge in [0, 0.05) is 21.5 Å². The van der Waals surface area contributed by atoms with Crippen molar-refractivity contribution in [1.29, 1.82) is 0 Å². The zero-order chi connectivity index (χ0) is 13.9. The van der Waals surface area contributed by atoms with E-state index in [1.807, 2.05) is 36.4 Å². The molecule has 98 valence electrons. The second kappa shape index (κ2) is 4.06. The highest BCUT2D eigenvalue weighted by Crippen LogP contribution is 2.45. The Hall–Kier alpha value is -1.87. The molecule has 1 nitrogen and oxygen atoms in total. The fourth-order valence-electron chi connectivity index (χ4n) is 3.02. The molecule has 0 aromatic heterocycles. The van der Waals surface area contributed by atoms with Gasteiger partial charge in [-0.15, -0.1) is 0 Å². The molecular formula is C17H10BrFO. The third kappa shape index (κ3) is 1.36. The van der Waals surface area contributed by atoms with Crippen molar-refractivity contribution in [3.8, 4) is 5.75 Å². The smallest absolute Gasteiger partial charge is 0.141 e. The van der Waals surface area contributed by atoms with E-state index < -0.39 is 0 Å². The SMILES string of the molecule is COc1c(Br)c2cccc3cc(F)c4cccc1c4c32. The molecule has 0 unspecified atom stereocenters. The summed E-state index contributed by atoms with van der Waals surface area (Å²) in [5.74, 6) is 0.557. The third-order valence-electron chi connectivity index (χ3n) is 3.84. The van der Waals surface area contributed by atoms with Crippen molar-refractivity contribution < 1.29 is 9.13 Å². The van der Waals surface area contributed by atoms with Crippen molar-refractivity contribution in [2.75, 3.05) is 7.11 Å². The van der Waals surface area contributed by atoms with Gasteiger partial charge in [0.1, 0.15) is 11.6 Å². The molecule has 4 aromatic rings. The second-order valence-electron chi connectivity index (χ2n) is 4.84. The molecule has 0 spiro atoms. The van der Waals surface area contributed by atoms with Crippen molar-refractivity contribution >= 4 is 48.2 Å². The molecule has 0 saturated carbocycles. The summed E-state index contributed by atoms with van der Waals surface area (Å²) in [4.78, 5) is 0. The van der Waals surface area contributed by atoms with E-state index in [-0.39, 0.29) is 5.82 Å². The van der Waals surface area contributed by atoms with Gasteiger partial charge in [0.2, 0.25) is 0 Å². The van der Waals surface area contributed by atoms with Crippen LogP contribution in [0, 0.1) is 5.82 Å². The molecule has 4 rings (SSSR count). The number of methoxy groups -OCH3 is 1. The molecule has 20 heavy (non-hydrogen) atoms. The van der Waals surface area contributed by atoms with E-state index in [2.05, 4.69) is 15.9 Å². The van der Waals surface area contributed by atoms with Crippen LogP contribution in [0.2, 0.25) is 0 Å². The standard InChI is InChI=1S/C17H10BrFO/c1-20-17-12-7-3-5-10-13(19)8-9-4-2-6-11(16(17)18)14(9)15(10)12/h2-8H,1H3. The quantitative estimate of drug-likeness (QED) is 0.419. The first-order valence-electron chi connectivity index (χ1n) is 6.31. The Balaban J connectivity index is 2.47. The van der Waals surface area contributed by atoms with Gasteiger partial charge in [-0.25, -0.2) is 4.39 Å². The molecule has 0 radical (unpaired) electrons. The van der Waals surface area contributed by atoms with Gasteiger partial charge in [-0.05, 0) is 32.8 Å². The van der Waals surface area contributed by atoms with Crippen LogP contribution in [0.15, 0.2) is 46.9 Å². The van der Waals surface area contributed by atoms with Crippen LogP contribution in [0.3, 0.4) is 0 Å². The van der Waals surface area contributed by atoms with Gasteiger partial charge in [-0.3, -0.25) is 0 Å². The van der Waals surface area contributed by atoms with E-state index >= 15 is 0 Å². The van der Waals surface area contributed by atoms with Crippen LogP contribution >= 0.6 is 15.9 Å². The van der Waals surface area contributed by atoms with E-state index in [1.165, 1.54) is 0 Å². The predicted octanol–water partition coefficient (Wildman–Crippen LogP) is 5.49. The van der Waals surface area contributed by atoms with Crippen LogP contribution in [0.25, 0.3) is 32.3 Å². The van der Waals surface area contributed by atoms with Gasteiger partial charge >= 0.3 is 0 Å². The van der Waals surface area contributed by atoms with Crippen molar-refractivity contribution in [3.63, 3.8) is 0 Å².